The van der Waals surface area contributed by atoms with Crippen molar-refractivity contribution in [3.8, 4) is 0 Å². The summed E-state index contributed by atoms with van der Waals surface area (Å²) >= 11 is 0. The van der Waals surface area contributed by atoms with Gasteiger partial charge in [0.2, 0.25) is 0 Å². The lowest BCUT2D eigenvalue weighted by Crippen LogP contribution is -2.25. The number of allylic oxidation sites excluding steroid dienone is 2. The summed E-state index contributed by atoms with van der Waals surface area (Å²) in [6.07, 6.45) is 8.83. The SMILES string of the molecule is CCCCC1=CC=COC1N. The fourth-order valence-corrected chi connectivity index (χ4v) is 1.08. The van der Waals surface area contributed by atoms with E-state index in [0.717, 1.165) is 6.42 Å². The number of hydrogen-bond donors (Lipinski definition) is 1. The van der Waals surface area contributed by atoms with Crippen molar-refractivity contribution in [3.63, 3.8) is 0 Å². The molecule has 0 aliphatic carbocycles. The molecule has 0 fully saturated rings. The van der Waals surface area contributed by atoms with Crippen LogP contribution in [0.4, 0.5) is 0 Å². The molecule has 1 atom stereocenters. The zero-order chi connectivity index (χ0) is 8.10. The van der Waals surface area contributed by atoms with Crippen molar-refractivity contribution in [1.82, 2.24) is 0 Å². The summed E-state index contributed by atoms with van der Waals surface area (Å²) in [6.45, 7) is 2.17. The van der Waals surface area contributed by atoms with Crippen LogP contribution in [0.2, 0.25) is 0 Å². The van der Waals surface area contributed by atoms with Crippen LogP contribution in [0.3, 0.4) is 0 Å². The maximum Gasteiger partial charge on any atom is 0.169 e. The van der Waals surface area contributed by atoms with Crippen LogP contribution in [0.15, 0.2) is 24.0 Å². The van der Waals surface area contributed by atoms with Gasteiger partial charge in [-0.2, -0.15) is 0 Å². The van der Waals surface area contributed by atoms with Crippen LogP contribution >= 0.6 is 0 Å². The quantitative estimate of drug-likeness (QED) is 0.672. The van der Waals surface area contributed by atoms with E-state index < -0.39 is 0 Å². The van der Waals surface area contributed by atoms with Crippen molar-refractivity contribution in [1.29, 1.82) is 0 Å². The molecule has 0 saturated carbocycles. The second-order valence-electron chi connectivity index (χ2n) is 2.73. The molecule has 1 aliphatic rings. The molecule has 0 saturated heterocycles. The molecule has 0 bridgehead atoms. The second kappa shape index (κ2) is 4.19. The fraction of sp³-hybridized carbons (Fsp3) is 0.556. The zero-order valence-electron chi connectivity index (χ0n) is 6.92. The number of unbranched alkanes of at least 4 members (excludes halogenated alkanes) is 1. The van der Waals surface area contributed by atoms with Crippen molar-refractivity contribution in [2.24, 2.45) is 5.73 Å². The molecule has 11 heavy (non-hydrogen) atoms. The Morgan fingerprint density at radius 1 is 1.64 bits per heavy atom. The first-order chi connectivity index (χ1) is 5.34. The molecule has 1 unspecified atom stereocenters. The summed E-state index contributed by atoms with van der Waals surface area (Å²) in [7, 11) is 0. The van der Waals surface area contributed by atoms with Crippen LogP contribution in [0.1, 0.15) is 26.2 Å². The third-order valence-corrected chi connectivity index (χ3v) is 1.80. The monoisotopic (exact) mass is 153 g/mol. The lowest BCUT2D eigenvalue weighted by molar-refractivity contribution is 0.174. The predicted octanol–water partition coefficient (Wildman–Crippen LogP) is 1.93. The first-order valence-corrected chi connectivity index (χ1v) is 4.11. The van der Waals surface area contributed by atoms with E-state index in [2.05, 4.69) is 6.92 Å². The molecule has 0 aromatic rings. The average Bonchev–Trinajstić information content (AvgIpc) is 2.03. The minimum absolute atomic E-state index is 0.202. The Labute approximate surface area is 67.7 Å². The van der Waals surface area contributed by atoms with Crippen LogP contribution in [-0.2, 0) is 4.74 Å². The van der Waals surface area contributed by atoms with Gasteiger partial charge < -0.3 is 4.74 Å². The molecular weight excluding hydrogens is 138 g/mol. The lowest BCUT2D eigenvalue weighted by atomic mass is 10.1. The smallest absolute Gasteiger partial charge is 0.169 e. The molecule has 2 heteroatoms. The summed E-state index contributed by atoms with van der Waals surface area (Å²) in [4.78, 5) is 0. The molecule has 0 aromatic carbocycles. The Morgan fingerprint density at radius 2 is 2.45 bits per heavy atom. The fourth-order valence-electron chi connectivity index (χ4n) is 1.08. The maximum atomic E-state index is 5.68. The highest BCUT2D eigenvalue weighted by molar-refractivity contribution is 5.18. The van der Waals surface area contributed by atoms with Gasteiger partial charge in [-0.05, 0) is 24.5 Å². The molecule has 2 nitrogen and oxygen atoms in total. The van der Waals surface area contributed by atoms with Gasteiger partial charge in [0.15, 0.2) is 6.23 Å². The van der Waals surface area contributed by atoms with E-state index in [-0.39, 0.29) is 6.23 Å². The number of nitrogens with two attached hydrogens (primary N) is 1. The van der Waals surface area contributed by atoms with Gasteiger partial charge in [-0.3, -0.25) is 5.73 Å². The molecular formula is C9H15NO. The highest BCUT2D eigenvalue weighted by atomic mass is 16.5. The summed E-state index contributed by atoms with van der Waals surface area (Å²) < 4.78 is 5.12. The molecule has 0 amide bonds. The molecule has 1 heterocycles. The normalized spacial score (nSPS) is 22.7. The first-order valence-electron chi connectivity index (χ1n) is 4.11. The highest BCUT2D eigenvalue weighted by Gasteiger charge is 2.09. The molecule has 0 spiro atoms. The Morgan fingerprint density at radius 3 is 3.09 bits per heavy atom. The molecule has 1 rings (SSSR count). The molecule has 62 valence electrons. The van der Waals surface area contributed by atoms with E-state index in [1.165, 1.54) is 18.4 Å². The van der Waals surface area contributed by atoms with Crippen molar-refractivity contribution < 1.29 is 4.74 Å². The topological polar surface area (TPSA) is 35.2 Å². The summed E-state index contributed by atoms with van der Waals surface area (Å²) in [5.41, 5.74) is 6.88. The van der Waals surface area contributed by atoms with Gasteiger partial charge in [-0.1, -0.05) is 19.4 Å². The van der Waals surface area contributed by atoms with Crippen LogP contribution in [0.25, 0.3) is 0 Å². The molecule has 0 radical (unpaired) electrons. The van der Waals surface area contributed by atoms with E-state index in [1.807, 2.05) is 12.2 Å². The zero-order valence-corrected chi connectivity index (χ0v) is 6.92. The Kier molecular flexibility index (Phi) is 3.17. The molecule has 1 aliphatic heterocycles. The minimum atomic E-state index is -0.202. The van der Waals surface area contributed by atoms with E-state index in [4.69, 9.17) is 10.5 Å². The van der Waals surface area contributed by atoms with Gasteiger partial charge in [-0.15, -0.1) is 0 Å². The van der Waals surface area contributed by atoms with Gasteiger partial charge in [0, 0.05) is 0 Å². The van der Waals surface area contributed by atoms with E-state index in [0.29, 0.717) is 0 Å². The van der Waals surface area contributed by atoms with Gasteiger partial charge >= 0.3 is 0 Å². The summed E-state index contributed by atoms with van der Waals surface area (Å²) in [5.74, 6) is 0. The lowest BCUT2D eigenvalue weighted by Gasteiger charge is -2.17. The van der Waals surface area contributed by atoms with Gasteiger partial charge in [0.05, 0.1) is 6.26 Å². The molecule has 0 aromatic heterocycles. The third kappa shape index (κ3) is 2.39. The Bertz CT molecular complexity index is 172. The summed E-state index contributed by atoms with van der Waals surface area (Å²) in [5, 5.41) is 0. The van der Waals surface area contributed by atoms with Crippen molar-refractivity contribution >= 4 is 0 Å². The van der Waals surface area contributed by atoms with Gasteiger partial charge in [0.1, 0.15) is 0 Å². The third-order valence-electron chi connectivity index (χ3n) is 1.80. The summed E-state index contributed by atoms with van der Waals surface area (Å²) in [6, 6.07) is 0. The Balaban J connectivity index is 2.40. The number of rotatable bonds is 3. The maximum absolute atomic E-state index is 5.68. The standard InChI is InChI=1S/C9H15NO/c1-2-3-5-8-6-4-7-11-9(8)10/h4,6-7,9H,2-3,5,10H2,1H3. The first kappa shape index (κ1) is 8.34. The van der Waals surface area contributed by atoms with Gasteiger partial charge in [0.25, 0.3) is 0 Å². The van der Waals surface area contributed by atoms with Crippen molar-refractivity contribution in [2.45, 2.75) is 32.4 Å². The number of ether oxygens (including phenoxy) is 1. The largest absolute Gasteiger partial charge is 0.479 e. The van der Waals surface area contributed by atoms with Crippen LogP contribution in [0.5, 0.6) is 0 Å². The predicted molar refractivity (Wildman–Crippen MR) is 45.8 cm³/mol. The van der Waals surface area contributed by atoms with Crippen LogP contribution in [-0.4, -0.2) is 6.23 Å². The van der Waals surface area contributed by atoms with Crippen LogP contribution < -0.4 is 5.73 Å². The number of hydrogen-bond acceptors (Lipinski definition) is 2. The second-order valence-corrected chi connectivity index (χ2v) is 2.73. The van der Waals surface area contributed by atoms with Crippen molar-refractivity contribution in [2.75, 3.05) is 0 Å². The highest BCUT2D eigenvalue weighted by Crippen LogP contribution is 2.14. The Hall–Kier alpha value is -0.760. The van der Waals surface area contributed by atoms with Crippen molar-refractivity contribution in [3.05, 3.63) is 24.0 Å². The average molecular weight is 153 g/mol. The van der Waals surface area contributed by atoms with E-state index in [1.54, 1.807) is 6.26 Å². The van der Waals surface area contributed by atoms with E-state index >= 15 is 0 Å². The van der Waals surface area contributed by atoms with Crippen LogP contribution in [0, 0.1) is 0 Å². The molecule has 2 N–H and O–H groups in total. The van der Waals surface area contributed by atoms with Gasteiger partial charge in [-0.25, -0.2) is 0 Å². The minimum Gasteiger partial charge on any atom is -0.479 e. The van der Waals surface area contributed by atoms with E-state index in [9.17, 15) is 0 Å².